The van der Waals surface area contributed by atoms with Crippen LogP contribution in [0.5, 0.6) is 0 Å². The zero-order valence-electron chi connectivity index (χ0n) is 12.6. The first-order chi connectivity index (χ1) is 11.3. The minimum Gasteiger partial charge on any atom is -0.355 e. The summed E-state index contributed by atoms with van der Waals surface area (Å²) in [6.07, 6.45) is 1.65. The van der Waals surface area contributed by atoms with Crippen molar-refractivity contribution in [3.05, 3.63) is 108 Å². The summed E-state index contributed by atoms with van der Waals surface area (Å²) in [6, 6.07) is 29.0. The molecule has 0 bridgehead atoms. The van der Waals surface area contributed by atoms with E-state index in [-0.39, 0.29) is 5.78 Å². The van der Waals surface area contributed by atoms with Gasteiger partial charge in [-0.15, -0.1) is 0 Å². The maximum Gasteiger partial charge on any atom is 0.187 e. The maximum atomic E-state index is 12.5. The van der Waals surface area contributed by atoms with Crippen molar-refractivity contribution in [1.82, 2.24) is 0 Å². The van der Waals surface area contributed by atoms with Gasteiger partial charge < -0.3 is 5.32 Å². The summed E-state index contributed by atoms with van der Waals surface area (Å²) >= 11 is 0. The number of anilines is 1. The van der Waals surface area contributed by atoms with Crippen molar-refractivity contribution >= 4 is 17.2 Å². The van der Waals surface area contributed by atoms with Gasteiger partial charge in [-0.1, -0.05) is 78.9 Å². The van der Waals surface area contributed by atoms with E-state index in [1.807, 2.05) is 91.0 Å². The fraction of sp³-hybridized carbons (Fsp3) is 0. The summed E-state index contributed by atoms with van der Waals surface area (Å²) in [5.41, 5.74) is 3.38. The average Bonchev–Trinajstić information content (AvgIpc) is 2.63. The molecular formula is C21H17NO. The molecule has 1 N–H and O–H groups in total. The van der Waals surface area contributed by atoms with Crippen LogP contribution in [0.3, 0.4) is 0 Å². The summed E-state index contributed by atoms with van der Waals surface area (Å²) in [5.74, 6) is -0.0205. The number of hydrogen-bond donors (Lipinski definition) is 1. The van der Waals surface area contributed by atoms with Gasteiger partial charge in [0.25, 0.3) is 0 Å². The molecule has 0 saturated carbocycles. The van der Waals surface area contributed by atoms with E-state index in [1.165, 1.54) is 0 Å². The first-order valence-corrected chi connectivity index (χ1v) is 7.51. The van der Waals surface area contributed by atoms with Crippen molar-refractivity contribution in [3.63, 3.8) is 0 Å². The predicted octanol–water partition coefficient (Wildman–Crippen LogP) is 5.02. The Hall–Kier alpha value is -3.13. The Labute approximate surface area is 136 Å². The van der Waals surface area contributed by atoms with Gasteiger partial charge in [0.2, 0.25) is 0 Å². The molecule has 3 aromatic rings. The van der Waals surface area contributed by atoms with Gasteiger partial charge in [0, 0.05) is 23.0 Å². The van der Waals surface area contributed by atoms with Crippen LogP contribution in [0, 0.1) is 0 Å². The van der Waals surface area contributed by atoms with Gasteiger partial charge in [-0.05, 0) is 17.7 Å². The fourth-order valence-corrected chi connectivity index (χ4v) is 2.30. The Bertz CT molecular complexity index is 793. The average molecular weight is 299 g/mol. The molecule has 2 heteroatoms. The number of nitrogens with one attached hydrogen (secondary N) is 1. The third-order valence-corrected chi connectivity index (χ3v) is 3.47. The number of allylic oxidation sites excluding steroid dienone is 1. The molecule has 0 fully saturated rings. The fourth-order valence-electron chi connectivity index (χ4n) is 2.30. The van der Waals surface area contributed by atoms with Crippen molar-refractivity contribution in [2.45, 2.75) is 0 Å². The Morgan fingerprint density at radius 1 is 0.652 bits per heavy atom. The second-order valence-electron chi connectivity index (χ2n) is 5.15. The lowest BCUT2D eigenvalue weighted by Gasteiger charge is -2.11. The molecule has 3 rings (SSSR count). The monoisotopic (exact) mass is 299 g/mol. The largest absolute Gasteiger partial charge is 0.355 e. The van der Waals surface area contributed by atoms with Gasteiger partial charge in [-0.3, -0.25) is 4.79 Å². The summed E-state index contributed by atoms with van der Waals surface area (Å²) in [5, 5.41) is 3.34. The van der Waals surface area contributed by atoms with Crippen LogP contribution in [0.4, 0.5) is 5.69 Å². The number of hydrogen-bond acceptors (Lipinski definition) is 2. The zero-order chi connectivity index (χ0) is 15.9. The van der Waals surface area contributed by atoms with Crippen molar-refractivity contribution in [1.29, 1.82) is 0 Å². The Morgan fingerprint density at radius 3 is 1.70 bits per heavy atom. The first-order valence-electron chi connectivity index (χ1n) is 7.51. The lowest BCUT2D eigenvalue weighted by atomic mass is 10.1. The normalized spacial score (nSPS) is 11.0. The van der Waals surface area contributed by atoms with E-state index >= 15 is 0 Å². The number of ketones is 1. The lowest BCUT2D eigenvalue weighted by molar-refractivity contribution is 0.104. The molecule has 3 aromatic carbocycles. The molecule has 0 saturated heterocycles. The molecule has 0 spiro atoms. The number of carbonyl (C=O) groups excluding carboxylic acids is 1. The smallest absolute Gasteiger partial charge is 0.187 e. The Kier molecular flexibility index (Phi) is 4.65. The highest BCUT2D eigenvalue weighted by Crippen LogP contribution is 2.19. The summed E-state index contributed by atoms with van der Waals surface area (Å²) in [7, 11) is 0. The summed E-state index contributed by atoms with van der Waals surface area (Å²) in [4.78, 5) is 12.5. The topological polar surface area (TPSA) is 29.1 Å². The molecule has 2 nitrogen and oxygen atoms in total. The van der Waals surface area contributed by atoms with Crippen LogP contribution >= 0.6 is 0 Å². The third kappa shape index (κ3) is 3.95. The molecule has 112 valence electrons. The molecule has 0 aromatic heterocycles. The zero-order valence-corrected chi connectivity index (χ0v) is 12.6. The molecule has 0 heterocycles. The van der Waals surface area contributed by atoms with Crippen LogP contribution in [0.15, 0.2) is 97.1 Å². The standard InChI is InChI=1S/C21H17NO/c23-21(18-12-6-2-7-13-18)16-20(17-10-4-1-5-11-17)22-19-14-8-3-9-15-19/h1-16,22H/b20-16+. The van der Waals surface area contributed by atoms with Crippen LogP contribution in [-0.2, 0) is 0 Å². The van der Waals surface area contributed by atoms with Gasteiger partial charge >= 0.3 is 0 Å². The van der Waals surface area contributed by atoms with Crippen LogP contribution in [0.2, 0.25) is 0 Å². The van der Waals surface area contributed by atoms with Gasteiger partial charge in [-0.2, -0.15) is 0 Å². The second-order valence-corrected chi connectivity index (χ2v) is 5.15. The van der Waals surface area contributed by atoms with Gasteiger partial charge in [0.15, 0.2) is 5.78 Å². The number of rotatable bonds is 5. The molecule has 0 aliphatic rings. The number of carbonyl (C=O) groups is 1. The Morgan fingerprint density at radius 2 is 1.13 bits per heavy atom. The first kappa shape index (κ1) is 14.8. The highest BCUT2D eigenvalue weighted by atomic mass is 16.1. The van der Waals surface area contributed by atoms with E-state index < -0.39 is 0 Å². The van der Waals surface area contributed by atoms with Crippen LogP contribution in [-0.4, -0.2) is 5.78 Å². The molecular weight excluding hydrogens is 282 g/mol. The molecule has 0 radical (unpaired) electrons. The SMILES string of the molecule is O=C(/C=C(/Nc1ccccc1)c1ccccc1)c1ccccc1. The van der Waals surface area contributed by atoms with E-state index in [9.17, 15) is 4.79 Å². The van der Waals surface area contributed by atoms with Gasteiger partial charge in [-0.25, -0.2) is 0 Å². The quantitative estimate of drug-likeness (QED) is 0.529. The van der Waals surface area contributed by atoms with Crippen LogP contribution in [0.25, 0.3) is 5.70 Å². The highest BCUT2D eigenvalue weighted by Gasteiger charge is 2.07. The second kappa shape index (κ2) is 7.23. The maximum absolute atomic E-state index is 12.5. The van der Waals surface area contributed by atoms with Crippen molar-refractivity contribution < 1.29 is 4.79 Å². The van der Waals surface area contributed by atoms with Crippen molar-refractivity contribution in [3.8, 4) is 0 Å². The van der Waals surface area contributed by atoms with Gasteiger partial charge in [0.1, 0.15) is 0 Å². The third-order valence-electron chi connectivity index (χ3n) is 3.47. The minimum atomic E-state index is -0.0205. The number of benzene rings is 3. The number of para-hydroxylation sites is 1. The molecule has 0 unspecified atom stereocenters. The lowest BCUT2D eigenvalue weighted by Crippen LogP contribution is -2.03. The van der Waals surface area contributed by atoms with Crippen LogP contribution < -0.4 is 5.32 Å². The van der Waals surface area contributed by atoms with Crippen molar-refractivity contribution in [2.24, 2.45) is 0 Å². The molecule has 0 aliphatic heterocycles. The van der Waals surface area contributed by atoms with E-state index in [2.05, 4.69) is 5.32 Å². The summed E-state index contributed by atoms with van der Waals surface area (Å²) < 4.78 is 0. The molecule has 0 amide bonds. The van der Waals surface area contributed by atoms with Crippen molar-refractivity contribution in [2.75, 3.05) is 5.32 Å². The van der Waals surface area contributed by atoms with Crippen LogP contribution in [0.1, 0.15) is 15.9 Å². The summed E-state index contributed by atoms with van der Waals surface area (Å²) in [6.45, 7) is 0. The van der Waals surface area contributed by atoms with E-state index in [0.717, 1.165) is 16.9 Å². The Balaban J connectivity index is 1.95. The molecule has 23 heavy (non-hydrogen) atoms. The predicted molar refractivity (Wildman–Crippen MR) is 95.3 cm³/mol. The molecule has 0 atom stereocenters. The van der Waals surface area contributed by atoms with Gasteiger partial charge in [0.05, 0.1) is 0 Å². The minimum absolute atomic E-state index is 0.0205. The van der Waals surface area contributed by atoms with E-state index in [4.69, 9.17) is 0 Å². The highest BCUT2D eigenvalue weighted by molar-refractivity contribution is 6.09. The molecule has 0 aliphatic carbocycles. The van der Waals surface area contributed by atoms with E-state index in [0.29, 0.717) is 5.56 Å². The van der Waals surface area contributed by atoms with E-state index in [1.54, 1.807) is 6.08 Å².